The maximum absolute atomic E-state index is 3.54. The van der Waals surface area contributed by atoms with Gasteiger partial charge in [-0.1, -0.05) is 6.92 Å². The zero-order valence-corrected chi connectivity index (χ0v) is 12.4. The van der Waals surface area contributed by atoms with E-state index in [0.717, 1.165) is 23.9 Å². The molecule has 1 saturated carbocycles. The van der Waals surface area contributed by atoms with E-state index in [1.807, 2.05) is 0 Å². The molecule has 2 fully saturated rings. The van der Waals surface area contributed by atoms with Gasteiger partial charge in [-0.05, 0) is 57.4 Å². The Morgan fingerprint density at radius 3 is 2.76 bits per heavy atom. The van der Waals surface area contributed by atoms with Gasteiger partial charge >= 0.3 is 0 Å². The number of rotatable bonds is 4. The normalized spacial score (nSPS) is 38.8. The van der Waals surface area contributed by atoms with Gasteiger partial charge in [-0.25, -0.2) is 0 Å². The van der Waals surface area contributed by atoms with Crippen molar-refractivity contribution >= 4 is 11.8 Å². The van der Waals surface area contributed by atoms with Gasteiger partial charge in [0.2, 0.25) is 0 Å². The maximum Gasteiger partial charge on any atom is 0.0191 e. The van der Waals surface area contributed by atoms with Crippen molar-refractivity contribution in [1.29, 1.82) is 0 Å². The summed E-state index contributed by atoms with van der Waals surface area (Å²) in [5, 5.41) is 3.54. The molecular weight excluding hydrogens is 228 g/mol. The fraction of sp³-hybridized carbons (Fsp3) is 1.00. The third kappa shape index (κ3) is 3.62. The highest BCUT2D eigenvalue weighted by Crippen LogP contribution is 2.31. The highest BCUT2D eigenvalue weighted by Gasteiger charge is 2.30. The van der Waals surface area contributed by atoms with Crippen LogP contribution in [-0.4, -0.2) is 49.1 Å². The first-order valence-electron chi connectivity index (χ1n) is 7.16. The molecule has 0 aromatic rings. The lowest BCUT2D eigenvalue weighted by Crippen LogP contribution is -2.45. The number of thioether (sulfide) groups is 1. The smallest absolute Gasteiger partial charge is 0.0191 e. The third-order valence-electron chi connectivity index (χ3n) is 4.67. The van der Waals surface area contributed by atoms with Gasteiger partial charge in [-0.2, -0.15) is 11.8 Å². The molecule has 0 aromatic heterocycles. The molecule has 3 heteroatoms. The molecule has 0 bridgehead atoms. The first-order chi connectivity index (χ1) is 8.20. The first-order valence-corrected chi connectivity index (χ1v) is 8.31. The molecule has 1 saturated heterocycles. The lowest BCUT2D eigenvalue weighted by atomic mass is 9.78. The Kier molecular flexibility index (Phi) is 5.19. The Balaban J connectivity index is 1.85. The van der Waals surface area contributed by atoms with Crippen molar-refractivity contribution in [3.8, 4) is 0 Å². The van der Waals surface area contributed by atoms with Gasteiger partial charge in [0.25, 0.3) is 0 Å². The number of nitrogens with zero attached hydrogens (tertiary/aromatic N) is 1. The minimum Gasteiger partial charge on any atom is -0.317 e. The Bertz CT molecular complexity index is 228. The van der Waals surface area contributed by atoms with Crippen LogP contribution in [0.4, 0.5) is 0 Å². The molecule has 2 rings (SSSR count). The summed E-state index contributed by atoms with van der Waals surface area (Å²) in [5.74, 6) is 4.50. The van der Waals surface area contributed by atoms with Gasteiger partial charge in [0, 0.05) is 24.4 Å². The van der Waals surface area contributed by atoms with E-state index in [9.17, 15) is 0 Å². The molecule has 2 nitrogen and oxygen atoms in total. The minimum atomic E-state index is 0.753. The highest BCUT2D eigenvalue weighted by atomic mass is 32.2. The van der Waals surface area contributed by atoms with Gasteiger partial charge in [0.1, 0.15) is 0 Å². The number of hydrogen-bond donors (Lipinski definition) is 1. The van der Waals surface area contributed by atoms with Gasteiger partial charge < -0.3 is 10.2 Å². The van der Waals surface area contributed by atoms with Crippen molar-refractivity contribution in [2.45, 2.75) is 44.7 Å². The molecule has 100 valence electrons. The quantitative estimate of drug-likeness (QED) is 0.832. The van der Waals surface area contributed by atoms with Crippen LogP contribution in [0.3, 0.4) is 0 Å². The molecule has 1 aliphatic heterocycles. The highest BCUT2D eigenvalue weighted by molar-refractivity contribution is 7.99. The van der Waals surface area contributed by atoms with E-state index in [4.69, 9.17) is 0 Å². The Labute approximate surface area is 111 Å². The van der Waals surface area contributed by atoms with E-state index < -0.39 is 0 Å². The second-order valence-electron chi connectivity index (χ2n) is 6.03. The summed E-state index contributed by atoms with van der Waals surface area (Å²) in [4.78, 5) is 2.63. The molecule has 0 aromatic carbocycles. The molecular formula is C14H28N2S. The number of nitrogens with one attached hydrogen (secondary N) is 1. The lowest BCUT2D eigenvalue weighted by Gasteiger charge is -2.38. The van der Waals surface area contributed by atoms with Crippen LogP contribution in [0.15, 0.2) is 0 Å². The van der Waals surface area contributed by atoms with E-state index in [1.54, 1.807) is 0 Å². The van der Waals surface area contributed by atoms with Gasteiger partial charge in [-0.15, -0.1) is 0 Å². The second kappa shape index (κ2) is 6.44. The average Bonchev–Trinajstić information content (AvgIpc) is 2.83. The lowest BCUT2D eigenvalue weighted by molar-refractivity contribution is 0.144. The summed E-state index contributed by atoms with van der Waals surface area (Å²) in [6, 6.07) is 1.59. The molecule has 2 aliphatic rings. The van der Waals surface area contributed by atoms with Crippen molar-refractivity contribution in [1.82, 2.24) is 10.2 Å². The van der Waals surface area contributed by atoms with Gasteiger partial charge in [0.15, 0.2) is 0 Å². The summed E-state index contributed by atoms with van der Waals surface area (Å²) in [6.07, 6.45) is 5.59. The molecule has 1 aliphatic carbocycles. The van der Waals surface area contributed by atoms with Crippen molar-refractivity contribution in [3.63, 3.8) is 0 Å². The largest absolute Gasteiger partial charge is 0.317 e. The standard InChI is InChI=1S/C14H28N2S/c1-11-4-5-14(15-2)12(8-11)9-16(3)13-6-7-17-10-13/h11-15H,4-10H2,1-3H3. The molecule has 0 spiro atoms. The summed E-state index contributed by atoms with van der Waals surface area (Å²) in [6.45, 7) is 3.71. The fourth-order valence-electron chi connectivity index (χ4n) is 3.47. The molecule has 17 heavy (non-hydrogen) atoms. The zero-order valence-electron chi connectivity index (χ0n) is 11.6. The molecule has 0 amide bonds. The fourth-order valence-corrected chi connectivity index (χ4v) is 4.77. The van der Waals surface area contributed by atoms with Crippen LogP contribution in [0.25, 0.3) is 0 Å². The third-order valence-corrected chi connectivity index (χ3v) is 5.81. The molecule has 1 N–H and O–H groups in total. The molecule has 4 unspecified atom stereocenters. The van der Waals surface area contributed by atoms with Crippen molar-refractivity contribution in [2.24, 2.45) is 11.8 Å². The predicted molar refractivity (Wildman–Crippen MR) is 77.7 cm³/mol. The van der Waals surface area contributed by atoms with Crippen LogP contribution in [0, 0.1) is 11.8 Å². The van der Waals surface area contributed by atoms with Gasteiger partial charge in [0.05, 0.1) is 0 Å². The van der Waals surface area contributed by atoms with Crippen molar-refractivity contribution in [2.75, 3.05) is 32.1 Å². The van der Waals surface area contributed by atoms with Crippen molar-refractivity contribution < 1.29 is 0 Å². The van der Waals surface area contributed by atoms with E-state index in [0.29, 0.717) is 0 Å². The summed E-state index contributed by atoms with van der Waals surface area (Å²) in [7, 11) is 4.47. The zero-order chi connectivity index (χ0) is 12.3. The number of hydrogen-bond acceptors (Lipinski definition) is 3. The van der Waals surface area contributed by atoms with Crippen LogP contribution >= 0.6 is 11.8 Å². The van der Waals surface area contributed by atoms with Crippen LogP contribution in [0.1, 0.15) is 32.6 Å². The van der Waals surface area contributed by atoms with Crippen LogP contribution in [0.5, 0.6) is 0 Å². The summed E-state index contributed by atoms with van der Waals surface area (Å²) in [5.41, 5.74) is 0. The predicted octanol–water partition coefficient (Wildman–Crippen LogP) is 2.45. The summed E-state index contributed by atoms with van der Waals surface area (Å²) >= 11 is 2.12. The monoisotopic (exact) mass is 256 g/mol. The molecule has 1 heterocycles. The molecule has 4 atom stereocenters. The Morgan fingerprint density at radius 1 is 1.29 bits per heavy atom. The maximum atomic E-state index is 3.54. The first kappa shape index (κ1) is 13.7. The topological polar surface area (TPSA) is 15.3 Å². The SMILES string of the molecule is CNC1CCC(C)CC1CN(C)C1CCSC1. The Hall–Kier alpha value is 0.270. The van der Waals surface area contributed by atoms with E-state index in [2.05, 4.69) is 43.0 Å². The van der Waals surface area contributed by atoms with E-state index in [-0.39, 0.29) is 0 Å². The Morgan fingerprint density at radius 2 is 2.12 bits per heavy atom. The summed E-state index contributed by atoms with van der Waals surface area (Å²) < 4.78 is 0. The second-order valence-corrected chi connectivity index (χ2v) is 7.18. The van der Waals surface area contributed by atoms with Crippen LogP contribution in [-0.2, 0) is 0 Å². The molecule has 0 radical (unpaired) electrons. The van der Waals surface area contributed by atoms with Crippen molar-refractivity contribution in [3.05, 3.63) is 0 Å². The van der Waals surface area contributed by atoms with Crippen LogP contribution in [0.2, 0.25) is 0 Å². The average molecular weight is 256 g/mol. The minimum absolute atomic E-state index is 0.753. The van der Waals surface area contributed by atoms with E-state index >= 15 is 0 Å². The van der Waals surface area contributed by atoms with Gasteiger partial charge in [-0.3, -0.25) is 0 Å². The van der Waals surface area contributed by atoms with E-state index in [1.165, 1.54) is 43.7 Å². The van der Waals surface area contributed by atoms with Crippen LogP contribution < -0.4 is 5.32 Å².